The molecule has 2 aromatic heterocycles. The zero-order chi connectivity index (χ0) is 10.8. The number of fused-ring (bicyclic) bond motifs is 1. The lowest BCUT2D eigenvalue weighted by Gasteiger charge is -2.08. The molecule has 4 heteroatoms. The van der Waals surface area contributed by atoms with Crippen LogP contribution in [0, 0.1) is 0 Å². The predicted octanol–water partition coefficient (Wildman–Crippen LogP) is 2.25. The van der Waals surface area contributed by atoms with E-state index in [0.29, 0.717) is 6.04 Å². The largest absolute Gasteiger partial charge is 0.317 e. The summed E-state index contributed by atoms with van der Waals surface area (Å²) in [6.07, 6.45) is 2.97. The molecule has 1 unspecified atom stereocenters. The van der Waals surface area contributed by atoms with Gasteiger partial charge in [-0.25, -0.2) is 4.98 Å². The van der Waals surface area contributed by atoms with Gasteiger partial charge < -0.3 is 9.72 Å². The standard InChI is InChI=1S/C11H14BrN3/c1-8(13-2)7-10-14-11(12)9-5-3-4-6-15(9)10/h3-6,8,13H,7H2,1-2H3. The van der Waals surface area contributed by atoms with Crippen molar-refractivity contribution in [1.29, 1.82) is 0 Å². The van der Waals surface area contributed by atoms with E-state index in [4.69, 9.17) is 0 Å². The molecule has 15 heavy (non-hydrogen) atoms. The fourth-order valence-electron chi connectivity index (χ4n) is 1.58. The van der Waals surface area contributed by atoms with E-state index in [0.717, 1.165) is 22.4 Å². The average Bonchev–Trinajstić information content (AvgIpc) is 2.57. The topological polar surface area (TPSA) is 29.3 Å². The molecule has 0 aromatic carbocycles. The summed E-state index contributed by atoms with van der Waals surface area (Å²) in [4.78, 5) is 4.52. The summed E-state index contributed by atoms with van der Waals surface area (Å²) < 4.78 is 3.04. The molecule has 0 fully saturated rings. The maximum absolute atomic E-state index is 4.52. The zero-order valence-corrected chi connectivity index (χ0v) is 10.5. The molecule has 80 valence electrons. The SMILES string of the molecule is CNC(C)Cc1nc(Br)c2ccccn12. The van der Waals surface area contributed by atoms with Crippen LogP contribution < -0.4 is 5.32 Å². The van der Waals surface area contributed by atoms with Gasteiger partial charge in [0.1, 0.15) is 10.4 Å². The summed E-state index contributed by atoms with van der Waals surface area (Å²) in [5.41, 5.74) is 1.12. The van der Waals surface area contributed by atoms with E-state index in [1.54, 1.807) is 0 Å². The molecule has 1 atom stereocenters. The molecular formula is C11H14BrN3. The third kappa shape index (κ3) is 2.06. The highest BCUT2D eigenvalue weighted by Gasteiger charge is 2.10. The lowest BCUT2D eigenvalue weighted by molar-refractivity contribution is 0.589. The quantitative estimate of drug-likeness (QED) is 0.925. The maximum atomic E-state index is 4.52. The summed E-state index contributed by atoms with van der Waals surface area (Å²) in [5, 5.41) is 3.22. The van der Waals surface area contributed by atoms with Crippen molar-refractivity contribution in [2.24, 2.45) is 0 Å². The van der Waals surface area contributed by atoms with Crippen LogP contribution in [0.25, 0.3) is 5.52 Å². The number of nitrogens with one attached hydrogen (secondary N) is 1. The van der Waals surface area contributed by atoms with E-state index >= 15 is 0 Å². The Hall–Kier alpha value is -0.870. The van der Waals surface area contributed by atoms with Crippen molar-refractivity contribution in [2.45, 2.75) is 19.4 Å². The van der Waals surface area contributed by atoms with Gasteiger partial charge in [-0.3, -0.25) is 0 Å². The number of hydrogen-bond donors (Lipinski definition) is 1. The molecular weight excluding hydrogens is 254 g/mol. The van der Waals surface area contributed by atoms with E-state index in [2.05, 4.69) is 43.6 Å². The van der Waals surface area contributed by atoms with Crippen molar-refractivity contribution in [3.8, 4) is 0 Å². The summed E-state index contributed by atoms with van der Waals surface area (Å²) in [6, 6.07) is 6.54. The molecule has 0 aliphatic carbocycles. The number of rotatable bonds is 3. The Morgan fingerprint density at radius 2 is 2.33 bits per heavy atom. The number of imidazole rings is 1. The molecule has 0 bridgehead atoms. The van der Waals surface area contributed by atoms with Crippen LogP contribution in [0.3, 0.4) is 0 Å². The van der Waals surface area contributed by atoms with Crippen LogP contribution in [0.2, 0.25) is 0 Å². The highest BCUT2D eigenvalue weighted by Crippen LogP contribution is 2.19. The molecule has 0 aliphatic rings. The van der Waals surface area contributed by atoms with Gasteiger partial charge >= 0.3 is 0 Å². The first-order chi connectivity index (χ1) is 7.22. The van der Waals surface area contributed by atoms with Crippen LogP contribution in [0.1, 0.15) is 12.7 Å². The average molecular weight is 268 g/mol. The second kappa shape index (κ2) is 4.33. The number of likely N-dealkylation sites (N-methyl/N-ethyl adjacent to an activating group) is 1. The summed E-state index contributed by atoms with van der Waals surface area (Å²) in [7, 11) is 1.97. The van der Waals surface area contributed by atoms with Gasteiger partial charge in [0.2, 0.25) is 0 Å². The second-order valence-electron chi connectivity index (χ2n) is 3.67. The van der Waals surface area contributed by atoms with Crippen molar-refractivity contribution < 1.29 is 0 Å². The minimum atomic E-state index is 0.433. The number of nitrogens with zero attached hydrogens (tertiary/aromatic N) is 2. The fourth-order valence-corrected chi connectivity index (χ4v) is 2.11. The first-order valence-electron chi connectivity index (χ1n) is 5.01. The first kappa shape index (κ1) is 10.6. The lowest BCUT2D eigenvalue weighted by atomic mass is 10.2. The van der Waals surface area contributed by atoms with Gasteiger partial charge in [0.05, 0.1) is 5.52 Å². The molecule has 2 heterocycles. The second-order valence-corrected chi connectivity index (χ2v) is 4.42. The lowest BCUT2D eigenvalue weighted by Crippen LogP contribution is -2.24. The zero-order valence-electron chi connectivity index (χ0n) is 8.87. The number of aromatic nitrogens is 2. The van der Waals surface area contributed by atoms with Gasteiger partial charge in [0.25, 0.3) is 0 Å². The van der Waals surface area contributed by atoms with Gasteiger partial charge in [0, 0.05) is 18.7 Å². The molecule has 2 aromatic rings. The molecule has 2 rings (SSSR count). The van der Waals surface area contributed by atoms with E-state index < -0.39 is 0 Å². The smallest absolute Gasteiger partial charge is 0.132 e. The highest BCUT2D eigenvalue weighted by atomic mass is 79.9. The Morgan fingerprint density at radius 1 is 1.53 bits per heavy atom. The number of pyridine rings is 1. The predicted molar refractivity (Wildman–Crippen MR) is 65.1 cm³/mol. The van der Waals surface area contributed by atoms with Gasteiger partial charge in [-0.1, -0.05) is 6.07 Å². The van der Waals surface area contributed by atoms with Crippen molar-refractivity contribution in [3.63, 3.8) is 0 Å². The van der Waals surface area contributed by atoms with Gasteiger partial charge in [-0.2, -0.15) is 0 Å². The van der Waals surface area contributed by atoms with Crippen molar-refractivity contribution in [1.82, 2.24) is 14.7 Å². The van der Waals surface area contributed by atoms with Gasteiger partial charge in [0.15, 0.2) is 0 Å². The first-order valence-corrected chi connectivity index (χ1v) is 5.80. The third-order valence-corrected chi connectivity index (χ3v) is 3.14. The van der Waals surface area contributed by atoms with Gasteiger partial charge in [-0.05, 0) is 42.0 Å². The minimum Gasteiger partial charge on any atom is -0.317 e. The van der Waals surface area contributed by atoms with Crippen LogP contribution >= 0.6 is 15.9 Å². The van der Waals surface area contributed by atoms with Crippen molar-refractivity contribution >= 4 is 21.4 Å². The molecule has 3 nitrogen and oxygen atoms in total. The molecule has 0 saturated heterocycles. The molecule has 0 radical (unpaired) electrons. The molecule has 0 spiro atoms. The Bertz CT molecular complexity index is 464. The molecule has 1 N–H and O–H groups in total. The van der Waals surface area contributed by atoms with Crippen molar-refractivity contribution in [2.75, 3.05) is 7.05 Å². The molecule has 0 amide bonds. The number of hydrogen-bond acceptors (Lipinski definition) is 2. The van der Waals surface area contributed by atoms with Gasteiger partial charge in [-0.15, -0.1) is 0 Å². The monoisotopic (exact) mass is 267 g/mol. The maximum Gasteiger partial charge on any atom is 0.132 e. The van der Waals surface area contributed by atoms with Crippen molar-refractivity contribution in [3.05, 3.63) is 34.8 Å². The van der Waals surface area contributed by atoms with Crippen LogP contribution in [0.5, 0.6) is 0 Å². The van der Waals surface area contributed by atoms with Crippen LogP contribution in [0.4, 0.5) is 0 Å². The Kier molecular flexibility index (Phi) is 3.07. The summed E-state index contributed by atoms with van der Waals surface area (Å²) >= 11 is 3.48. The van der Waals surface area contributed by atoms with Crippen LogP contribution in [0.15, 0.2) is 29.0 Å². The van der Waals surface area contributed by atoms with E-state index in [-0.39, 0.29) is 0 Å². The third-order valence-electron chi connectivity index (χ3n) is 2.56. The Morgan fingerprint density at radius 3 is 3.07 bits per heavy atom. The van der Waals surface area contributed by atoms with E-state index in [1.807, 2.05) is 25.4 Å². The van der Waals surface area contributed by atoms with E-state index in [1.165, 1.54) is 0 Å². The fraction of sp³-hybridized carbons (Fsp3) is 0.364. The highest BCUT2D eigenvalue weighted by molar-refractivity contribution is 9.10. The summed E-state index contributed by atoms with van der Waals surface area (Å²) in [5.74, 6) is 1.08. The van der Waals surface area contributed by atoms with Crippen LogP contribution in [-0.2, 0) is 6.42 Å². The van der Waals surface area contributed by atoms with E-state index in [9.17, 15) is 0 Å². The normalized spacial score (nSPS) is 13.3. The van der Waals surface area contributed by atoms with Crippen LogP contribution in [-0.4, -0.2) is 22.5 Å². The Balaban J connectivity index is 2.43. The summed E-state index contributed by atoms with van der Waals surface area (Å²) in [6.45, 7) is 2.15. The molecule has 0 saturated carbocycles. The molecule has 0 aliphatic heterocycles. The number of halogens is 1. The minimum absolute atomic E-state index is 0.433. The Labute approximate surface area is 97.6 Å².